The Labute approximate surface area is 86.3 Å². The molecule has 0 aliphatic rings. The van der Waals surface area contributed by atoms with E-state index < -0.39 is 8.07 Å². The van der Waals surface area contributed by atoms with E-state index in [-0.39, 0.29) is 0 Å². The molecule has 0 spiro atoms. The quantitative estimate of drug-likeness (QED) is 0.641. The van der Waals surface area contributed by atoms with Crippen molar-refractivity contribution in [3.63, 3.8) is 0 Å². The van der Waals surface area contributed by atoms with Crippen LogP contribution in [0.5, 0.6) is 0 Å². The Morgan fingerprint density at radius 1 is 1.23 bits per heavy atom. The lowest BCUT2D eigenvalue weighted by Crippen LogP contribution is -2.15. The van der Waals surface area contributed by atoms with Crippen LogP contribution >= 0.6 is 11.6 Å². The topological polar surface area (TPSA) is 0 Å². The maximum atomic E-state index is 5.87. The largest absolute Gasteiger partial charge is 0.0944 e. The zero-order valence-electron chi connectivity index (χ0n) is 8.34. The Bertz CT molecular complexity index is 310. The van der Waals surface area contributed by atoms with Gasteiger partial charge < -0.3 is 0 Å². The molecule has 2 heteroatoms. The van der Waals surface area contributed by atoms with Crippen LogP contribution in [0.1, 0.15) is 5.56 Å². The van der Waals surface area contributed by atoms with Gasteiger partial charge in [-0.05, 0) is 17.7 Å². The predicted octanol–water partition coefficient (Wildman–Crippen LogP) is 4.23. The molecule has 0 N–H and O–H groups in total. The fraction of sp³-hybridized carbons (Fsp3) is 0.273. The third-order valence-electron chi connectivity index (χ3n) is 1.62. The number of rotatable bonds is 2. The minimum Gasteiger partial charge on any atom is -0.0944 e. The van der Waals surface area contributed by atoms with Crippen LogP contribution in [0.2, 0.25) is 24.7 Å². The summed E-state index contributed by atoms with van der Waals surface area (Å²) < 4.78 is 0. The van der Waals surface area contributed by atoms with Crippen molar-refractivity contribution < 1.29 is 0 Å². The molecule has 0 aliphatic carbocycles. The standard InChI is InChI=1S/C11H15ClSi/c1-13(2,3)8-7-10-5-4-6-11(12)9-10/h4-9H,1-3H3. The summed E-state index contributed by atoms with van der Waals surface area (Å²) >= 11 is 5.87. The summed E-state index contributed by atoms with van der Waals surface area (Å²) in [5.41, 5.74) is 3.51. The fourth-order valence-electron chi connectivity index (χ4n) is 0.956. The Kier molecular flexibility index (Phi) is 3.34. The van der Waals surface area contributed by atoms with Crippen molar-refractivity contribution in [3.8, 4) is 0 Å². The number of hydrogen-bond acceptors (Lipinski definition) is 0. The summed E-state index contributed by atoms with van der Waals surface area (Å²) in [6, 6.07) is 7.93. The molecular formula is C11H15ClSi. The third kappa shape index (κ3) is 4.30. The number of hydrogen-bond donors (Lipinski definition) is 0. The van der Waals surface area contributed by atoms with Crippen LogP contribution in [0, 0.1) is 0 Å². The van der Waals surface area contributed by atoms with Gasteiger partial charge in [-0.1, -0.05) is 55.2 Å². The van der Waals surface area contributed by atoms with Crippen LogP contribution in [0.25, 0.3) is 6.08 Å². The van der Waals surface area contributed by atoms with Gasteiger partial charge in [-0.25, -0.2) is 0 Å². The van der Waals surface area contributed by atoms with Crippen LogP contribution in [0.15, 0.2) is 30.0 Å². The van der Waals surface area contributed by atoms with Gasteiger partial charge in [0.2, 0.25) is 0 Å². The van der Waals surface area contributed by atoms with E-state index >= 15 is 0 Å². The molecule has 0 bridgehead atoms. The highest BCUT2D eigenvalue weighted by molar-refractivity contribution is 6.81. The van der Waals surface area contributed by atoms with Gasteiger partial charge in [0, 0.05) is 5.02 Å². The van der Waals surface area contributed by atoms with Gasteiger partial charge in [0.15, 0.2) is 0 Å². The second-order valence-corrected chi connectivity index (χ2v) is 9.76. The minimum atomic E-state index is -1.08. The molecular weight excluding hydrogens is 196 g/mol. The highest BCUT2D eigenvalue weighted by Crippen LogP contribution is 2.13. The summed E-state index contributed by atoms with van der Waals surface area (Å²) in [5.74, 6) is 0. The summed E-state index contributed by atoms with van der Waals surface area (Å²) in [6.07, 6.45) is 2.16. The van der Waals surface area contributed by atoms with Crippen molar-refractivity contribution in [2.75, 3.05) is 0 Å². The number of benzene rings is 1. The molecule has 70 valence electrons. The van der Waals surface area contributed by atoms with E-state index in [1.807, 2.05) is 18.2 Å². The van der Waals surface area contributed by atoms with Crippen LogP contribution < -0.4 is 0 Å². The predicted molar refractivity (Wildman–Crippen MR) is 63.8 cm³/mol. The molecule has 0 saturated carbocycles. The van der Waals surface area contributed by atoms with Gasteiger partial charge in [0.05, 0.1) is 8.07 Å². The molecule has 1 aromatic rings. The molecule has 0 amide bonds. The Hall–Kier alpha value is -0.533. The lowest BCUT2D eigenvalue weighted by Gasteiger charge is -2.07. The van der Waals surface area contributed by atoms with E-state index in [4.69, 9.17) is 11.6 Å². The van der Waals surface area contributed by atoms with Gasteiger partial charge in [-0.2, -0.15) is 0 Å². The fourth-order valence-corrected chi connectivity index (χ4v) is 1.85. The lowest BCUT2D eigenvalue weighted by molar-refractivity contribution is 1.65. The summed E-state index contributed by atoms with van der Waals surface area (Å²) in [4.78, 5) is 0. The molecule has 1 rings (SSSR count). The SMILES string of the molecule is C[Si](C)(C)C=Cc1cccc(Cl)c1. The first kappa shape index (κ1) is 10.5. The molecule has 0 fully saturated rings. The summed E-state index contributed by atoms with van der Waals surface area (Å²) in [7, 11) is -1.08. The average Bonchev–Trinajstić information content (AvgIpc) is 2.00. The van der Waals surface area contributed by atoms with E-state index in [0.717, 1.165) is 5.02 Å². The van der Waals surface area contributed by atoms with Crippen molar-refractivity contribution in [1.29, 1.82) is 0 Å². The molecule has 0 heterocycles. The average molecular weight is 211 g/mol. The minimum absolute atomic E-state index is 0.803. The van der Waals surface area contributed by atoms with Crippen LogP contribution in [0.3, 0.4) is 0 Å². The van der Waals surface area contributed by atoms with Gasteiger partial charge in [-0.3, -0.25) is 0 Å². The summed E-state index contributed by atoms with van der Waals surface area (Å²) in [5, 5.41) is 0.803. The Morgan fingerprint density at radius 3 is 2.46 bits per heavy atom. The van der Waals surface area contributed by atoms with Gasteiger partial charge in [-0.15, -0.1) is 0 Å². The zero-order valence-corrected chi connectivity index (χ0v) is 10.1. The second-order valence-electron chi connectivity index (χ2n) is 4.25. The third-order valence-corrected chi connectivity index (χ3v) is 3.03. The smallest absolute Gasteiger partial charge is 0.0687 e. The molecule has 0 atom stereocenters. The maximum Gasteiger partial charge on any atom is 0.0687 e. The van der Waals surface area contributed by atoms with Crippen LogP contribution in [-0.4, -0.2) is 8.07 Å². The normalized spacial score (nSPS) is 12.3. The van der Waals surface area contributed by atoms with Gasteiger partial charge in [0.25, 0.3) is 0 Å². The maximum absolute atomic E-state index is 5.87. The van der Waals surface area contributed by atoms with Crippen LogP contribution in [-0.2, 0) is 0 Å². The van der Waals surface area contributed by atoms with Crippen molar-refractivity contribution in [2.24, 2.45) is 0 Å². The van der Waals surface area contributed by atoms with Crippen LogP contribution in [0.4, 0.5) is 0 Å². The first-order chi connectivity index (χ1) is 5.97. The van der Waals surface area contributed by atoms with Crippen molar-refractivity contribution in [3.05, 3.63) is 40.6 Å². The lowest BCUT2D eigenvalue weighted by atomic mass is 10.2. The summed E-state index contributed by atoms with van der Waals surface area (Å²) in [6.45, 7) is 6.94. The van der Waals surface area contributed by atoms with Gasteiger partial charge >= 0.3 is 0 Å². The molecule has 0 unspecified atom stereocenters. The van der Waals surface area contributed by atoms with Crippen molar-refractivity contribution in [1.82, 2.24) is 0 Å². The van der Waals surface area contributed by atoms with E-state index in [9.17, 15) is 0 Å². The van der Waals surface area contributed by atoms with E-state index in [1.54, 1.807) is 0 Å². The molecule has 13 heavy (non-hydrogen) atoms. The first-order valence-electron chi connectivity index (χ1n) is 4.42. The Morgan fingerprint density at radius 2 is 1.92 bits per heavy atom. The van der Waals surface area contributed by atoms with Crippen molar-refractivity contribution >= 4 is 25.8 Å². The monoisotopic (exact) mass is 210 g/mol. The molecule has 0 aliphatic heterocycles. The molecule has 0 aromatic heterocycles. The molecule has 1 aromatic carbocycles. The van der Waals surface area contributed by atoms with E-state index in [2.05, 4.69) is 37.5 Å². The highest BCUT2D eigenvalue weighted by atomic mass is 35.5. The van der Waals surface area contributed by atoms with Gasteiger partial charge in [0.1, 0.15) is 0 Å². The van der Waals surface area contributed by atoms with Crippen molar-refractivity contribution in [2.45, 2.75) is 19.6 Å². The first-order valence-corrected chi connectivity index (χ1v) is 8.38. The molecule has 0 radical (unpaired) electrons. The highest BCUT2D eigenvalue weighted by Gasteiger charge is 2.06. The molecule has 0 saturated heterocycles. The number of halogens is 1. The second kappa shape index (κ2) is 4.12. The zero-order chi connectivity index (χ0) is 9.90. The Balaban J connectivity index is 2.80. The van der Waals surface area contributed by atoms with E-state index in [1.165, 1.54) is 5.56 Å². The molecule has 0 nitrogen and oxygen atoms in total. The van der Waals surface area contributed by atoms with E-state index in [0.29, 0.717) is 0 Å².